The summed E-state index contributed by atoms with van der Waals surface area (Å²) in [6.45, 7) is 2.39. The third-order valence-electron chi connectivity index (χ3n) is 4.45. The zero-order valence-corrected chi connectivity index (χ0v) is 16.7. The van der Waals surface area contributed by atoms with Crippen molar-refractivity contribution in [3.8, 4) is 0 Å². The summed E-state index contributed by atoms with van der Waals surface area (Å²) in [5.74, 6) is 1.29. The SMILES string of the molecule is CN(C)C/C=C/C(=O)N1CCC[C@@H](Cc2cc(Nc3nccs3)ncn2)C1. The molecule has 0 bridgehead atoms. The lowest BCUT2D eigenvalue weighted by Gasteiger charge is -2.32. The third kappa shape index (κ3) is 6.11. The van der Waals surface area contributed by atoms with Gasteiger partial charge in [-0.05, 0) is 39.3 Å². The van der Waals surface area contributed by atoms with E-state index in [2.05, 4.69) is 20.3 Å². The summed E-state index contributed by atoms with van der Waals surface area (Å²) in [6, 6.07) is 1.97. The Bertz CT molecular complexity index is 761. The maximum atomic E-state index is 12.4. The molecule has 144 valence electrons. The average Bonchev–Trinajstić information content (AvgIpc) is 3.15. The van der Waals surface area contributed by atoms with Crippen molar-refractivity contribution in [1.82, 2.24) is 24.8 Å². The van der Waals surface area contributed by atoms with E-state index in [1.54, 1.807) is 18.6 Å². The minimum absolute atomic E-state index is 0.107. The molecule has 3 heterocycles. The molecule has 8 heteroatoms. The quantitative estimate of drug-likeness (QED) is 0.737. The van der Waals surface area contributed by atoms with Crippen LogP contribution in [0.4, 0.5) is 10.9 Å². The lowest BCUT2D eigenvalue weighted by molar-refractivity contribution is -0.127. The third-order valence-corrected chi connectivity index (χ3v) is 5.14. The predicted octanol–water partition coefficient (Wildman–Crippen LogP) is 2.58. The number of rotatable bonds is 7. The molecule has 0 unspecified atom stereocenters. The minimum Gasteiger partial charge on any atom is -0.339 e. The van der Waals surface area contributed by atoms with Crippen molar-refractivity contribution in [1.29, 1.82) is 0 Å². The maximum absolute atomic E-state index is 12.4. The molecule has 0 saturated carbocycles. The highest BCUT2D eigenvalue weighted by molar-refractivity contribution is 7.13. The van der Waals surface area contributed by atoms with Gasteiger partial charge in [0.1, 0.15) is 12.1 Å². The largest absolute Gasteiger partial charge is 0.339 e. The van der Waals surface area contributed by atoms with Gasteiger partial charge in [-0.2, -0.15) is 0 Å². The molecule has 0 aliphatic carbocycles. The second-order valence-corrected chi connectivity index (χ2v) is 7.91. The Morgan fingerprint density at radius 3 is 3.07 bits per heavy atom. The van der Waals surface area contributed by atoms with Crippen LogP contribution in [0.25, 0.3) is 0 Å². The molecule has 1 saturated heterocycles. The number of nitrogens with zero attached hydrogens (tertiary/aromatic N) is 5. The van der Waals surface area contributed by atoms with E-state index in [4.69, 9.17) is 0 Å². The molecule has 0 radical (unpaired) electrons. The number of anilines is 2. The Labute approximate surface area is 164 Å². The number of likely N-dealkylation sites (tertiary alicyclic amines) is 1. The van der Waals surface area contributed by atoms with E-state index in [-0.39, 0.29) is 5.91 Å². The van der Waals surface area contributed by atoms with E-state index in [9.17, 15) is 4.79 Å². The minimum atomic E-state index is 0.107. The molecule has 0 aromatic carbocycles. The van der Waals surface area contributed by atoms with Crippen LogP contribution in [0, 0.1) is 5.92 Å². The maximum Gasteiger partial charge on any atom is 0.246 e. The Balaban J connectivity index is 1.56. The van der Waals surface area contributed by atoms with E-state index < -0.39 is 0 Å². The van der Waals surface area contributed by atoms with Gasteiger partial charge >= 0.3 is 0 Å². The number of aromatic nitrogens is 3. The zero-order valence-electron chi connectivity index (χ0n) is 15.8. The first-order valence-corrected chi connectivity index (χ1v) is 10.1. The molecular formula is C19H26N6OS. The lowest BCUT2D eigenvalue weighted by atomic mass is 9.93. The van der Waals surface area contributed by atoms with Gasteiger partial charge in [-0.15, -0.1) is 11.3 Å². The summed E-state index contributed by atoms with van der Waals surface area (Å²) < 4.78 is 0. The lowest BCUT2D eigenvalue weighted by Crippen LogP contribution is -2.39. The van der Waals surface area contributed by atoms with Crippen molar-refractivity contribution in [3.05, 3.63) is 41.8 Å². The fourth-order valence-electron chi connectivity index (χ4n) is 3.17. The van der Waals surface area contributed by atoms with Gasteiger partial charge < -0.3 is 15.1 Å². The van der Waals surface area contributed by atoms with Gasteiger partial charge in [-0.3, -0.25) is 4.79 Å². The van der Waals surface area contributed by atoms with Crippen LogP contribution >= 0.6 is 11.3 Å². The van der Waals surface area contributed by atoms with Crippen molar-refractivity contribution < 1.29 is 4.79 Å². The van der Waals surface area contributed by atoms with Gasteiger partial charge in [0.15, 0.2) is 5.13 Å². The fraction of sp³-hybridized carbons (Fsp3) is 0.474. The van der Waals surface area contributed by atoms with Crippen LogP contribution in [0.3, 0.4) is 0 Å². The van der Waals surface area contributed by atoms with Crippen molar-refractivity contribution >= 4 is 28.2 Å². The molecule has 1 N–H and O–H groups in total. The Kier molecular flexibility index (Phi) is 6.89. The van der Waals surface area contributed by atoms with Crippen molar-refractivity contribution in [2.45, 2.75) is 19.3 Å². The molecule has 2 aromatic heterocycles. The van der Waals surface area contributed by atoms with Gasteiger partial charge in [-0.25, -0.2) is 15.0 Å². The summed E-state index contributed by atoms with van der Waals surface area (Å²) >= 11 is 1.53. The van der Waals surface area contributed by atoms with E-state index in [1.807, 2.05) is 41.4 Å². The molecule has 1 aliphatic heterocycles. The van der Waals surface area contributed by atoms with Crippen molar-refractivity contribution in [2.75, 3.05) is 39.0 Å². The second-order valence-electron chi connectivity index (χ2n) is 7.02. The number of carbonyl (C=O) groups is 1. The van der Waals surface area contributed by atoms with E-state index in [0.717, 1.165) is 55.5 Å². The molecule has 1 aliphatic rings. The summed E-state index contributed by atoms with van der Waals surface area (Å²) in [7, 11) is 3.98. The molecule has 1 amide bonds. The Morgan fingerprint density at radius 1 is 1.41 bits per heavy atom. The molecule has 0 spiro atoms. The van der Waals surface area contributed by atoms with Gasteiger partial charge in [0, 0.05) is 49.0 Å². The second kappa shape index (κ2) is 9.57. The topological polar surface area (TPSA) is 74.2 Å². The first kappa shape index (κ1) is 19.4. The van der Waals surface area contributed by atoms with Crippen LogP contribution in [0.15, 0.2) is 36.1 Å². The van der Waals surface area contributed by atoms with Gasteiger partial charge in [0.2, 0.25) is 5.91 Å². The average molecular weight is 387 g/mol. The van der Waals surface area contributed by atoms with Crippen LogP contribution < -0.4 is 5.32 Å². The first-order valence-electron chi connectivity index (χ1n) is 9.18. The van der Waals surface area contributed by atoms with Crippen molar-refractivity contribution in [2.24, 2.45) is 5.92 Å². The molecule has 2 aromatic rings. The van der Waals surface area contributed by atoms with Gasteiger partial charge in [-0.1, -0.05) is 6.08 Å². The first-order chi connectivity index (χ1) is 13.1. The predicted molar refractivity (Wildman–Crippen MR) is 108 cm³/mol. The molecular weight excluding hydrogens is 360 g/mol. The van der Waals surface area contributed by atoms with Crippen LogP contribution in [-0.4, -0.2) is 64.4 Å². The number of piperidine rings is 1. The summed E-state index contributed by atoms with van der Waals surface area (Å²) in [4.78, 5) is 29.3. The number of amides is 1. The number of thiazole rings is 1. The molecule has 1 atom stereocenters. The molecule has 7 nitrogen and oxygen atoms in total. The van der Waals surface area contributed by atoms with E-state index in [0.29, 0.717) is 5.92 Å². The van der Waals surface area contributed by atoms with Crippen LogP contribution in [-0.2, 0) is 11.2 Å². The number of hydrogen-bond donors (Lipinski definition) is 1. The zero-order chi connectivity index (χ0) is 19.1. The van der Waals surface area contributed by atoms with Gasteiger partial charge in [0.05, 0.1) is 0 Å². The highest BCUT2D eigenvalue weighted by atomic mass is 32.1. The number of carbonyl (C=O) groups excluding carboxylic acids is 1. The highest BCUT2D eigenvalue weighted by Crippen LogP contribution is 2.22. The molecule has 1 fully saturated rings. The van der Waals surface area contributed by atoms with E-state index in [1.165, 1.54) is 11.3 Å². The molecule has 27 heavy (non-hydrogen) atoms. The van der Waals surface area contributed by atoms with Crippen LogP contribution in [0.2, 0.25) is 0 Å². The number of likely N-dealkylation sites (N-methyl/N-ethyl adjacent to an activating group) is 1. The van der Waals surface area contributed by atoms with Crippen molar-refractivity contribution in [3.63, 3.8) is 0 Å². The fourth-order valence-corrected chi connectivity index (χ4v) is 3.71. The van der Waals surface area contributed by atoms with Crippen LogP contribution in [0.5, 0.6) is 0 Å². The number of hydrogen-bond acceptors (Lipinski definition) is 7. The normalized spacial score (nSPS) is 17.6. The monoisotopic (exact) mass is 386 g/mol. The number of nitrogens with one attached hydrogen (secondary N) is 1. The highest BCUT2D eigenvalue weighted by Gasteiger charge is 2.23. The summed E-state index contributed by atoms with van der Waals surface area (Å²) in [5.41, 5.74) is 0.992. The standard InChI is InChI=1S/C19H26N6OS/c1-24(2)8-4-6-18(26)25-9-3-5-15(13-25)11-16-12-17(22-14-21-16)23-19-20-7-10-27-19/h4,6-7,10,12,14-15H,3,5,8-9,11,13H2,1-2H3,(H,20,21,22,23)/b6-4+/t15-/m0/s1. The van der Waals surface area contributed by atoms with Gasteiger partial charge in [0.25, 0.3) is 0 Å². The van der Waals surface area contributed by atoms with E-state index >= 15 is 0 Å². The smallest absolute Gasteiger partial charge is 0.246 e. The summed E-state index contributed by atoms with van der Waals surface area (Å²) in [6.07, 6.45) is 9.96. The summed E-state index contributed by atoms with van der Waals surface area (Å²) in [5, 5.41) is 5.94. The van der Waals surface area contributed by atoms with Crippen LogP contribution in [0.1, 0.15) is 18.5 Å². The Morgan fingerprint density at radius 2 is 2.30 bits per heavy atom. The Hall–Kier alpha value is -2.32. The molecule has 3 rings (SSSR count).